The van der Waals surface area contributed by atoms with E-state index in [-0.39, 0.29) is 19.5 Å². The Morgan fingerprint density at radius 2 is 1.20 bits per heavy atom. The van der Waals surface area contributed by atoms with Crippen LogP contribution in [0.1, 0.15) is 13.3 Å². The van der Waals surface area contributed by atoms with Gasteiger partial charge in [-0.2, -0.15) is 0 Å². The summed E-state index contributed by atoms with van der Waals surface area (Å²) in [6.45, 7) is 0.223. The van der Waals surface area contributed by atoms with E-state index >= 15 is 0 Å². The van der Waals surface area contributed by atoms with Crippen LogP contribution < -0.4 is 34.0 Å². The summed E-state index contributed by atoms with van der Waals surface area (Å²) in [5.41, 5.74) is 30.1. The standard InChI is InChI=1S/C25H48N6O14/c1-6(33)31-4-10-16(36)18(38)13(30)24(41-10)44-21-11(5-32)42-25(19(21)39)45-22-14(34)7(27)2-8(28)20(22)43-23-12(29)17(37)15(35)9(3-26)40-23/h7-25,32,34-39H,2-5,26-30H2,1H3,(H,31,33)/t7-,8+,9-,10+,11-,12-,13-,14+,15-,16-,17-,18-,19-,20-,21-,22-,23-,24-,25+/m1/s1. The number of hydrogen-bond donors (Lipinski definition) is 13. The van der Waals surface area contributed by atoms with Crippen molar-refractivity contribution in [3.05, 3.63) is 0 Å². The molecule has 19 atom stereocenters. The van der Waals surface area contributed by atoms with E-state index in [4.69, 9.17) is 57.1 Å². The minimum atomic E-state index is -1.65. The van der Waals surface area contributed by atoms with E-state index in [0.29, 0.717) is 0 Å². The molecule has 1 saturated carbocycles. The van der Waals surface area contributed by atoms with E-state index in [0.717, 1.165) is 0 Å². The first-order valence-corrected chi connectivity index (χ1v) is 14.8. The highest BCUT2D eigenvalue weighted by Gasteiger charge is 2.54. The molecular weight excluding hydrogens is 608 g/mol. The maximum atomic E-state index is 11.4. The van der Waals surface area contributed by atoms with Gasteiger partial charge in [0, 0.05) is 32.1 Å². The zero-order chi connectivity index (χ0) is 33.3. The minimum Gasteiger partial charge on any atom is -0.394 e. The molecule has 20 heteroatoms. The van der Waals surface area contributed by atoms with Crippen LogP contribution in [-0.4, -0.2) is 178 Å². The molecule has 0 radical (unpaired) electrons. The third kappa shape index (κ3) is 7.74. The second-order valence-electron chi connectivity index (χ2n) is 11.9. The number of amides is 1. The molecule has 20 nitrogen and oxygen atoms in total. The Morgan fingerprint density at radius 1 is 0.689 bits per heavy atom. The van der Waals surface area contributed by atoms with Gasteiger partial charge in [-0.25, -0.2) is 0 Å². The molecule has 262 valence electrons. The molecule has 3 aliphatic heterocycles. The summed E-state index contributed by atoms with van der Waals surface area (Å²) in [6.07, 6.45) is -20.5. The van der Waals surface area contributed by atoms with Crippen LogP contribution >= 0.6 is 0 Å². The molecule has 18 N–H and O–H groups in total. The Kier molecular flexibility index (Phi) is 12.5. The van der Waals surface area contributed by atoms with Gasteiger partial charge >= 0.3 is 0 Å². The fraction of sp³-hybridized carbons (Fsp3) is 0.960. The van der Waals surface area contributed by atoms with Gasteiger partial charge in [-0.15, -0.1) is 0 Å². The lowest BCUT2D eigenvalue weighted by molar-refractivity contribution is -0.306. The fourth-order valence-electron chi connectivity index (χ4n) is 5.96. The molecule has 4 fully saturated rings. The lowest BCUT2D eigenvalue weighted by Crippen LogP contribution is -2.68. The van der Waals surface area contributed by atoms with Crippen molar-refractivity contribution < 1.29 is 69.0 Å². The molecule has 0 aromatic carbocycles. The van der Waals surface area contributed by atoms with Crippen LogP contribution in [0, 0.1) is 0 Å². The quantitative estimate of drug-likeness (QED) is 0.104. The molecular formula is C25H48N6O14. The Balaban J connectivity index is 1.49. The molecule has 0 unspecified atom stereocenters. The van der Waals surface area contributed by atoms with Gasteiger partial charge in [0.15, 0.2) is 18.9 Å². The highest BCUT2D eigenvalue weighted by Crippen LogP contribution is 2.34. The molecule has 0 aromatic heterocycles. The average molecular weight is 657 g/mol. The summed E-state index contributed by atoms with van der Waals surface area (Å²) >= 11 is 0. The van der Waals surface area contributed by atoms with Gasteiger partial charge in [-0.1, -0.05) is 0 Å². The van der Waals surface area contributed by atoms with E-state index in [2.05, 4.69) is 5.32 Å². The van der Waals surface area contributed by atoms with E-state index in [9.17, 15) is 40.5 Å². The highest BCUT2D eigenvalue weighted by molar-refractivity contribution is 5.72. The lowest BCUT2D eigenvalue weighted by atomic mass is 9.84. The first-order valence-electron chi connectivity index (χ1n) is 14.8. The van der Waals surface area contributed by atoms with Crippen LogP contribution in [0.2, 0.25) is 0 Å². The van der Waals surface area contributed by atoms with Crippen molar-refractivity contribution in [1.82, 2.24) is 5.32 Å². The molecule has 4 rings (SSSR count). The number of nitrogens with two attached hydrogens (primary N) is 5. The molecule has 0 spiro atoms. The predicted molar refractivity (Wildman–Crippen MR) is 148 cm³/mol. The number of nitrogens with one attached hydrogen (secondary N) is 1. The summed E-state index contributed by atoms with van der Waals surface area (Å²) in [5, 5.41) is 76.1. The van der Waals surface area contributed by atoms with Gasteiger partial charge in [-0.3, -0.25) is 4.79 Å². The van der Waals surface area contributed by atoms with Crippen LogP contribution in [-0.2, 0) is 33.2 Å². The number of rotatable bonds is 10. The average Bonchev–Trinajstić information content (AvgIpc) is 3.30. The molecule has 1 aliphatic carbocycles. The van der Waals surface area contributed by atoms with Crippen LogP contribution in [0.25, 0.3) is 0 Å². The SMILES string of the molecule is CC(=O)NC[C@@H]1O[C@H](O[C@H]2[C@@H](O)[C@H](O[C@@H]3[C@@H](O)[C@H](N)C[C@H](N)[C@H]3O[C@H]3O[C@H](CN)[C@@H](O)[C@H](O)[C@H]3N)O[C@@H]2CO)[C@H](N)[C@@H](O)[C@@H]1O. The molecule has 1 amide bonds. The minimum absolute atomic E-state index is 0.0724. The first-order chi connectivity index (χ1) is 21.2. The van der Waals surface area contributed by atoms with Crippen LogP contribution in [0.3, 0.4) is 0 Å². The Bertz CT molecular complexity index is 975. The largest absolute Gasteiger partial charge is 0.394 e. The summed E-state index contributed by atoms with van der Waals surface area (Å²) in [7, 11) is 0. The van der Waals surface area contributed by atoms with Crippen molar-refractivity contribution in [2.75, 3.05) is 19.7 Å². The monoisotopic (exact) mass is 656 g/mol. The molecule has 4 aliphatic rings. The van der Waals surface area contributed by atoms with Crippen molar-refractivity contribution in [3.8, 4) is 0 Å². The number of carbonyl (C=O) groups is 1. The zero-order valence-electron chi connectivity index (χ0n) is 24.7. The zero-order valence-corrected chi connectivity index (χ0v) is 24.7. The van der Waals surface area contributed by atoms with E-state index in [1.165, 1.54) is 6.92 Å². The third-order valence-corrected chi connectivity index (χ3v) is 8.69. The van der Waals surface area contributed by atoms with Crippen LogP contribution in [0.15, 0.2) is 0 Å². The van der Waals surface area contributed by atoms with Crippen molar-refractivity contribution in [2.45, 2.75) is 130 Å². The van der Waals surface area contributed by atoms with E-state index in [1.807, 2.05) is 0 Å². The second kappa shape index (κ2) is 15.3. The van der Waals surface area contributed by atoms with Gasteiger partial charge in [0.2, 0.25) is 5.91 Å². The predicted octanol–water partition coefficient (Wildman–Crippen LogP) is -8.72. The van der Waals surface area contributed by atoms with Crippen molar-refractivity contribution in [1.29, 1.82) is 0 Å². The molecule has 0 aromatic rings. The van der Waals surface area contributed by atoms with Gasteiger partial charge in [0.05, 0.1) is 24.8 Å². The molecule has 0 bridgehead atoms. The van der Waals surface area contributed by atoms with Crippen LogP contribution in [0.4, 0.5) is 0 Å². The third-order valence-electron chi connectivity index (χ3n) is 8.69. The lowest BCUT2D eigenvalue weighted by Gasteiger charge is -2.47. The topological polar surface area (TPSA) is 356 Å². The number of ether oxygens (including phenoxy) is 6. The summed E-state index contributed by atoms with van der Waals surface area (Å²) in [5.74, 6) is -0.413. The second-order valence-corrected chi connectivity index (χ2v) is 11.9. The maximum absolute atomic E-state index is 11.4. The molecule has 3 heterocycles. The number of carbonyl (C=O) groups excluding carboxylic acids is 1. The highest BCUT2D eigenvalue weighted by atomic mass is 16.8. The normalized spacial score (nSPS) is 50.8. The Hall–Kier alpha value is -1.25. The van der Waals surface area contributed by atoms with Crippen molar-refractivity contribution in [3.63, 3.8) is 0 Å². The summed E-state index contributed by atoms with van der Waals surface area (Å²) in [4.78, 5) is 11.4. The van der Waals surface area contributed by atoms with Crippen molar-refractivity contribution >= 4 is 5.91 Å². The maximum Gasteiger partial charge on any atom is 0.216 e. The fourth-order valence-corrected chi connectivity index (χ4v) is 5.96. The van der Waals surface area contributed by atoms with Crippen LogP contribution in [0.5, 0.6) is 0 Å². The van der Waals surface area contributed by atoms with E-state index in [1.54, 1.807) is 0 Å². The summed E-state index contributed by atoms with van der Waals surface area (Å²) < 4.78 is 34.9. The Labute approximate surface area is 258 Å². The number of aliphatic hydroxyl groups excluding tert-OH is 7. The van der Waals surface area contributed by atoms with Gasteiger partial charge in [0.25, 0.3) is 0 Å². The molecule has 45 heavy (non-hydrogen) atoms. The van der Waals surface area contributed by atoms with Gasteiger partial charge < -0.3 is 98.2 Å². The molecule has 3 saturated heterocycles. The smallest absolute Gasteiger partial charge is 0.216 e. The summed E-state index contributed by atoms with van der Waals surface area (Å²) in [6, 6.07) is -4.31. The number of hydrogen-bond acceptors (Lipinski definition) is 19. The van der Waals surface area contributed by atoms with E-state index < -0.39 is 129 Å². The van der Waals surface area contributed by atoms with Gasteiger partial charge in [-0.05, 0) is 6.42 Å². The van der Waals surface area contributed by atoms with Crippen molar-refractivity contribution in [2.24, 2.45) is 28.7 Å². The Morgan fingerprint density at radius 3 is 1.76 bits per heavy atom. The first kappa shape index (κ1) is 36.6. The number of aliphatic hydroxyl groups is 7. The van der Waals surface area contributed by atoms with Gasteiger partial charge in [0.1, 0.15) is 67.1 Å².